The molecule has 0 bridgehead atoms. The Labute approximate surface area is 91.5 Å². The molecule has 3 heteroatoms. The van der Waals surface area contributed by atoms with Gasteiger partial charge in [0.25, 0.3) is 0 Å². The van der Waals surface area contributed by atoms with Crippen LogP contribution < -0.4 is 5.32 Å². The van der Waals surface area contributed by atoms with Gasteiger partial charge in [-0.3, -0.25) is 4.98 Å². The molecule has 2 atom stereocenters. The summed E-state index contributed by atoms with van der Waals surface area (Å²) in [5, 5.41) is 12.6. The summed E-state index contributed by atoms with van der Waals surface area (Å²) in [5.74, 6) is 0. The molecule has 0 radical (unpaired) electrons. The van der Waals surface area contributed by atoms with Gasteiger partial charge in [-0.25, -0.2) is 0 Å². The second kappa shape index (κ2) is 6.53. The number of aliphatic hydroxyl groups excluding tert-OH is 1. The molecule has 0 amide bonds. The maximum atomic E-state index is 9.23. The van der Waals surface area contributed by atoms with Gasteiger partial charge >= 0.3 is 0 Å². The van der Waals surface area contributed by atoms with Crippen molar-refractivity contribution in [3.63, 3.8) is 0 Å². The van der Waals surface area contributed by atoms with E-state index < -0.39 is 0 Å². The molecule has 0 aliphatic carbocycles. The molecular formula is C12H20N2O. The zero-order valence-corrected chi connectivity index (χ0v) is 9.48. The summed E-state index contributed by atoms with van der Waals surface area (Å²) in [4.78, 5) is 4.33. The largest absolute Gasteiger partial charge is 0.392 e. The number of pyridine rings is 1. The zero-order chi connectivity index (χ0) is 11.1. The SMILES string of the molecule is CCCC(NC[C@@H](C)O)c1ccccn1. The minimum Gasteiger partial charge on any atom is -0.392 e. The van der Waals surface area contributed by atoms with Crippen molar-refractivity contribution in [2.45, 2.75) is 38.8 Å². The summed E-state index contributed by atoms with van der Waals surface area (Å²) in [5.41, 5.74) is 1.06. The van der Waals surface area contributed by atoms with Crippen molar-refractivity contribution in [2.75, 3.05) is 6.54 Å². The van der Waals surface area contributed by atoms with E-state index in [1.165, 1.54) is 0 Å². The summed E-state index contributed by atoms with van der Waals surface area (Å²) >= 11 is 0. The molecule has 3 nitrogen and oxygen atoms in total. The van der Waals surface area contributed by atoms with Crippen molar-refractivity contribution in [1.82, 2.24) is 10.3 Å². The van der Waals surface area contributed by atoms with Crippen LogP contribution in [0.5, 0.6) is 0 Å². The van der Waals surface area contributed by atoms with E-state index in [1.807, 2.05) is 24.4 Å². The molecule has 0 fully saturated rings. The lowest BCUT2D eigenvalue weighted by Crippen LogP contribution is -2.29. The highest BCUT2D eigenvalue weighted by Crippen LogP contribution is 2.15. The molecular weight excluding hydrogens is 188 g/mol. The van der Waals surface area contributed by atoms with Gasteiger partial charge in [0.1, 0.15) is 0 Å². The van der Waals surface area contributed by atoms with Gasteiger partial charge in [0, 0.05) is 18.8 Å². The summed E-state index contributed by atoms with van der Waals surface area (Å²) in [6, 6.07) is 6.19. The molecule has 1 aromatic rings. The first-order chi connectivity index (χ1) is 7.24. The Morgan fingerprint density at radius 1 is 1.47 bits per heavy atom. The molecule has 1 aromatic heterocycles. The minimum atomic E-state index is -0.312. The predicted molar refractivity (Wildman–Crippen MR) is 61.6 cm³/mol. The van der Waals surface area contributed by atoms with Crippen LogP contribution in [0.2, 0.25) is 0 Å². The van der Waals surface area contributed by atoms with E-state index >= 15 is 0 Å². The monoisotopic (exact) mass is 208 g/mol. The maximum Gasteiger partial charge on any atom is 0.0636 e. The number of rotatable bonds is 6. The molecule has 0 aromatic carbocycles. The molecule has 1 unspecified atom stereocenters. The average molecular weight is 208 g/mol. The van der Waals surface area contributed by atoms with Crippen LogP contribution in [0.3, 0.4) is 0 Å². The third-order valence-corrected chi connectivity index (χ3v) is 2.28. The Balaban J connectivity index is 2.57. The van der Waals surface area contributed by atoms with Crippen LogP contribution in [-0.2, 0) is 0 Å². The van der Waals surface area contributed by atoms with Crippen LogP contribution in [-0.4, -0.2) is 22.7 Å². The van der Waals surface area contributed by atoms with Gasteiger partial charge in [-0.1, -0.05) is 19.4 Å². The Hall–Kier alpha value is -0.930. The van der Waals surface area contributed by atoms with Gasteiger partial charge in [0.15, 0.2) is 0 Å². The van der Waals surface area contributed by atoms with Gasteiger partial charge in [-0.2, -0.15) is 0 Å². The zero-order valence-electron chi connectivity index (χ0n) is 9.48. The van der Waals surface area contributed by atoms with Gasteiger partial charge < -0.3 is 10.4 Å². The van der Waals surface area contributed by atoms with E-state index in [0.29, 0.717) is 6.54 Å². The molecule has 0 saturated carbocycles. The fourth-order valence-corrected chi connectivity index (χ4v) is 1.54. The Morgan fingerprint density at radius 2 is 2.27 bits per heavy atom. The number of aromatic nitrogens is 1. The molecule has 15 heavy (non-hydrogen) atoms. The first kappa shape index (κ1) is 12.1. The summed E-state index contributed by atoms with van der Waals surface area (Å²) in [6.45, 7) is 4.55. The fraction of sp³-hybridized carbons (Fsp3) is 0.583. The molecule has 0 spiro atoms. The van der Waals surface area contributed by atoms with Crippen molar-refractivity contribution >= 4 is 0 Å². The van der Waals surface area contributed by atoms with Gasteiger partial charge in [-0.05, 0) is 25.5 Å². The van der Waals surface area contributed by atoms with Crippen molar-refractivity contribution < 1.29 is 5.11 Å². The van der Waals surface area contributed by atoms with Crippen molar-refractivity contribution in [3.05, 3.63) is 30.1 Å². The van der Waals surface area contributed by atoms with Crippen molar-refractivity contribution in [2.24, 2.45) is 0 Å². The van der Waals surface area contributed by atoms with Crippen LogP contribution in [0.15, 0.2) is 24.4 Å². The number of hydrogen-bond acceptors (Lipinski definition) is 3. The lowest BCUT2D eigenvalue weighted by atomic mass is 10.1. The normalized spacial score (nSPS) is 14.9. The third kappa shape index (κ3) is 4.40. The van der Waals surface area contributed by atoms with E-state index in [-0.39, 0.29) is 12.1 Å². The van der Waals surface area contributed by atoms with E-state index in [2.05, 4.69) is 17.2 Å². The summed E-state index contributed by atoms with van der Waals surface area (Å²) in [7, 11) is 0. The quantitative estimate of drug-likeness (QED) is 0.750. The Bertz CT molecular complexity index is 262. The molecule has 2 N–H and O–H groups in total. The molecule has 0 aliphatic heterocycles. The van der Waals surface area contributed by atoms with Crippen LogP contribution in [0.25, 0.3) is 0 Å². The molecule has 1 heterocycles. The predicted octanol–water partition coefficient (Wildman–Crippen LogP) is 1.89. The second-order valence-corrected chi connectivity index (χ2v) is 3.85. The van der Waals surface area contributed by atoms with Gasteiger partial charge in [0.2, 0.25) is 0 Å². The lowest BCUT2D eigenvalue weighted by Gasteiger charge is -2.18. The van der Waals surface area contributed by atoms with Gasteiger partial charge in [0.05, 0.1) is 11.8 Å². The van der Waals surface area contributed by atoms with E-state index in [4.69, 9.17) is 0 Å². The van der Waals surface area contributed by atoms with Crippen LogP contribution in [0.4, 0.5) is 0 Å². The number of nitrogens with zero attached hydrogens (tertiary/aromatic N) is 1. The van der Waals surface area contributed by atoms with E-state index in [1.54, 1.807) is 6.92 Å². The lowest BCUT2D eigenvalue weighted by molar-refractivity contribution is 0.185. The standard InChI is InChI=1S/C12H20N2O/c1-3-6-11(14-9-10(2)15)12-7-4-5-8-13-12/h4-5,7-8,10-11,14-15H,3,6,9H2,1-2H3/t10-,11?/m1/s1. The fourth-order valence-electron chi connectivity index (χ4n) is 1.54. The number of nitrogens with one attached hydrogen (secondary N) is 1. The summed E-state index contributed by atoms with van der Waals surface area (Å²) < 4.78 is 0. The molecule has 0 saturated heterocycles. The Kier molecular flexibility index (Phi) is 5.29. The van der Waals surface area contributed by atoms with Crippen molar-refractivity contribution in [1.29, 1.82) is 0 Å². The van der Waals surface area contributed by atoms with E-state index in [0.717, 1.165) is 18.5 Å². The van der Waals surface area contributed by atoms with E-state index in [9.17, 15) is 5.11 Å². The van der Waals surface area contributed by atoms with Gasteiger partial charge in [-0.15, -0.1) is 0 Å². The average Bonchev–Trinajstić information content (AvgIpc) is 2.25. The van der Waals surface area contributed by atoms with Crippen molar-refractivity contribution in [3.8, 4) is 0 Å². The first-order valence-electron chi connectivity index (χ1n) is 5.56. The Morgan fingerprint density at radius 3 is 2.80 bits per heavy atom. The van der Waals surface area contributed by atoms with Crippen LogP contribution in [0, 0.1) is 0 Å². The first-order valence-corrected chi connectivity index (χ1v) is 5.56. The van der Waals surface area contributed by atoms with Crippen LogP contribution >= 0.6 is 0 Å². The maximum absolute atomic E-state index is 9.23. The van der Waals surface area contributed by atoms with Crippen LogP contribution in [0.1, 0.15) is 38.4 Å². The second-order valence-electron chi connectivity index (χ2n) is 3.85. The topological polar surface area (TPSA) is 45.1 Å². The highest BCUT2D eigenvalue weighted by Gasteiger charge is 2.11. The number of hydrogen-bond donors (Lipinski definition) is 2. The highest BCUT2D eigenvalue weighted by molar-refractivity contribution is 5.08. The third-order valence-electron chi connectivity index (χ3n) is 2.28. The molecule has 84 valence electrons. The highest BCUT2D eigenvalue weighted by atomic mass is 16.3. The molecule has 1 rings (SSSR count). The summed E-state index contributed by atoms with van der Waals surface area (Å²) in [6.07, 6.45) is 3.65. The smallest absolute Gasteiger partial charge is 0.0636 e. The molecule has 0 aliphatic rings. The number of aliphatic hydroxyl groups is 1. The minimum absolute atomic E-state index is 0.255.